The fourth-order valence-corrected chi connectivity index (χ4v) is 5.48. The first-order chi connectivity index (χ1) is 19.4. The zero-order chi connectivity index (χ0) is 27.5. The van der Waals surface area contributed by atoms with Gasteiger partial charge in [-0.05, 0) is 90.8 Å². The number of nitrogens with zero attached hydrogens (tertiary/aromatic N) is 2. The summed E-state index contributed by atoms with van der Waals surface area (Å²) < 4.78 is 0. The molecule has 2 unspecified atom stereocenters. The second kappa shape index (κ2) is 16.4. The SMILES string of the molecule is CC(C)(C)c1cccc(-c2cc(-c3cnc(C4CCCN4)[nH]3)ccc2C#CC#Cc2cnc(C3CCCN3)[nH]2)c1.Cl.Cl.Cl.Cl. The average molecular weight is 675 g/mol. The van der Waals surface area contributed by atoms with Crippen molar-refractivity contribution >= 4 is 49.6 Å². The highest BCUT2D eigenvalue weighted by atomic mass is 35.5. The highest BCUT2D eigenvalue weighted by molar-refractivity contribution is 5.86. The van der Waals surface area contributed by atoms with Crippen LogP contribution in [0, 0.1) is 23.7 Å². The van der Waals surface area contributed by atoms with Gasteiger partial charge in [0.05, 0.1) is 30.2 Å². The number of rotatable bonds is 4. The van der Waals surface area contributed by atoms with Crippen molar-refractivity contribution in [2.45, 2.75) is 64.0 Å². The van der Waals surface area contributed by atoms with E-state index >= 15 is 0 Å². The molecular formula is C34H40Cl4N6. The van der Waals surface area contributed by atoms with E-state index in [9.17, 15) is 0 Å². The zero-order valence-electron chi connectivity index (χ0n) is 25.1. The van der Waals surface area contributed by atoms with E-state index in [1.54, 1.807) is 6.20 Å². The monoisotopic (exact) mass is 672 g/mol. The molecule has 0 bridgehead atoms. The molecule has 4 N–H and O–H groups in total. The Balaban J connectivity index is 0.00000169. The summed E-state index contributed by atoms with van der Waals surface area (Å²) in [5.41, 5.74) is 7.42. The van der Waals surface area contributed by atoms with Crippen LogP contribution < -0.4 is 10.6 Å². The molecule has 2 aliphatic heterocycles. The van der Waals surface area contributed by atoms with Crippen LogP contribution in [-0.2, 0) is 5.41 Å². The predicted molar refractivity (Wildman–Crippen MR) is 189 cm³/mol. The average Bonchev–Trinajstić information content (AvgIpc) is 3.77. The van der Waals surface area contributed by atoms with E-state index in [4.69, 9.17) is 0 Å². The number of H-pyrrole nitrogens is 2. The van der Waals surface area contributed by atoms with Gasteiger partial charge in [0.25, 0.3) is 0 Å². The summed E-state index contributed by atoms with van der Waals surface area (Å²) >= 11 is 0. The van der Waals surface area contributed by atoms with Crippen LogP contribution in [-0.4, -0.2) is 33.0 Å². The molecule has 2 aromatic heterocycles. The lowest BCUT2D eigenvalue weighted by molar-refractivity contribution is 0.590. The van der Waals surface area contributed by atoms with Gasteiger partial charge < -0.3 is 20.6 Å². The molecule has 0 radical (unpaired) electrons. The lowest BCUT2D eigenvalue weighted by Crippen LogP contribution is -2.14. The summed E-state index contributed by atoms with van der Waals surface area (Å²) in [5, 5.41) is 6.99. The molecule has 4 heterocycles. The van der Waals surface area contributed by atoms with Crippen molar-refractivity contribution in [2.24, 2.45) is 0 Å². The molecule has 2 atom stereocenters. The van der Waals surface area contributed by atoms with Crippen LogP contribution in [0.3, 0.4) is 0 Å². The van der Waals surface area contributed by atoms with Gasteiger partial charge in [0.2, 0.25) is 0 Å². The fourth-order valence-electron chi connectivity index (χ4n) is 5.48. The second-order valence-electron chi connectivity index (χ2n) is 11.8. The molecule has 0 amide bonds. The summed E-state index contributed by atoms with van der Waals surface area (Å²) in [5.74, 6) is 14.5. The van der Waals surface area contributed by atoms with Gasteiger partial charge >= 0.3 is 0 Å². The van der Waals surface area contributed by atoms with Crippen molar-refractivity contribution in [2.75, 3.05) is 13.1 Å². The van der Waals surface area contributed by atoms with Crippen LogP contribution in [0.15, 0.2) is 54.9 Å². The molecule has 0 aliphatic carbocycles. The Kier molecular flexibility index (Phi) is 13.9. The van der Waals surface area contributed by atoms with Crippen molar-refractivity contribution in [3.05, 3.63) is 83.3 Å². The first kappa shape index (κ1) is 37.2. The summed E-state index contributed by atoms with van der Waals surface area (Å²) in [6, 6.07) is 15.8. The molecule has 44 heavy (non-hydrogen) atoms. The summed E-state index contributed by atoms with van der Waals surface area (Å²) in [4.78, 5) is 16.1. The smallest absolute Gasteiger partial charge is 0.124 e. The Morgan fingerprint density at radius 2 is 1.39 bits per heavy atom. The lowest BCUT2D eigenvalue weighted by Gasteiger charge is -2.20. The normalized spacial score (nSPS) is 17.0. The van der Waals surface area contributed by atoms with E-state index in [0.29, 0.717) is 12.1 Å². The highest BCUT2D eigenvalue weighted by Crippen LogP contribution is 2.33. The van der Waals surface area contributed by atoms with E-state index in [-0.39, 0.29) is 55.0 Å². The maximum absolute atomic E-state index is 4.69. The number of imidazole rings is 2. The van der Waals surface area contributed by atoms with Crippen molar-refractivity contribution in [3.8, 4) is 46.1 Å². The highest BCUT2D eigenvalue weighted by Gasteiger charge is 2.20. The number of halogens is 4. The van der Waals surface area contributed by atoms with E-state index in [1.807, 2.05) is 6.20 Å². The van der Waals surface area contributed by atoms with Gasteiger partial charge in [0.15, 0.2) is 0 Å². The van der Waals surface area contributed by atoms with E-state index < -0.39 is 0 Å². The maximum Gasteiger partial charge on any atom is 0.124 e. The van der Waals surface area contributed by atoms with Crippen molar-refractivity contribution in [3.63, 3.8) is 0 Å². The Hall–Kier alpha value is -2.94. The van der Waals surface area contributed by atoms with Gasteiger partial charge in [-0.25, -0.2) is 9.97 Å². The third-order valence-corrected chi connectivity index (χ3v) is 7.80. The van der Waals surface area contributed by atoms with Crippen LogP contribution in [0.4, 0.5) is 0 Å². The van der Waals surface area contributed by atoms with Crippen LogP contribution in [0.5, 0.6) is 0 Å². The molecule has 2 saturated heterocycles. The minimum absolute atomic E-state index is 0. The minimum Gasteiger partial charge on any atom is -0.341 e. The standard InChI is InChI=1S/C34H36N6.4ClH/c1-34(2,3)26-11-6-10-24(19-26)28-20-25(31-22-38-33(40-31)30-14-8-18-36-30)16-15-23(28)9-4-5-12-27-21-37-32(39-27)29-13-7-17-35-29;;;;/h6,10-11,15-16,19-22,29-30,35-36H,7-8,13-14,17-18H2,1-3H3,(H,37,39)(H,38,40);4*1H. The molecule has 2 aromatic carbocycles. The molecule has 2 fully saturated rings. The Bertz CT molecular complexity index is 1640. The summed E-state index contributed by atoms with van der Waals surface area (Å²) in [6.45, 7) is 8.81. The number of hydrogen-bond donors (Lipinski definition) is 4. The van der Waals surface area contributed by atoms with E-state index in [2.05, 4.69) is 117 Å². The van der Waals surface area contributed by atoms with Gasteiger partial charge in [-0.2, -0.15) is 0 Å². The van der Waals surface area contributed by atoms with Crippen molar-refractivity contribution < 1.29 is 0 Å². The predicted octanol–water partition coefficient (Wildman–Crippen LogP) is 7.70. The van der Waals surface area contributed by atoms with Crippen LogP contribution >= 0.6 is 49.6 Å². The van der Waals surface area contributed by atoms with Crippen LogP contribution in [0.2, 0.25) is 0 Å². The van der Waals surface area contributed by atoms with Crippen molar-refractivity contribution in [1.29, 1.82) is 0 Å². The largest absolute Gasteiger partial charge is 0.341 e. The number of aromatic amines is 2. The molecule has 6 nitrogen and oxygen atoms in total. The zero-order valence-corrected chi connectivity index (χ0v) is 28.4. The third-order valence-electron chi connectivity index (χ3n) is 7.80. The molecule has 10 heteroatoms. The van der Waals surface area contributed by atoms with Gasteiger partial charge in [-0.15, -0.1) is 49.6 Å². The summed E-state index contributed by atoms with van der Waals surface area (Å²) in [7, 11) is 0. The Morgan fingerprint density at radius 1 is 0.727 bits per heavy atom. The minimum atomic E-state index is 0. The molecular weight excluding hydrogens is 634 g/mol. The summed E-state index contributed by atoms with van der Waals surface area (Å²) in [6.07, 6.45) is 8.32. The number of aromatic nitrogens is 4. The van der Waals surface area contributed by atoms with E-state index in [0.717, 1.165) is 71.2 Å². The molecule has 4 aromatic rings. The topological polar surface area (TPSA) is 81.4 Å². The van der Waals surface area contributed by atoms with Gasteiger partial charge in [0.1, 0.15) is 17.3 Å². The van der Waals surface area contributed by atoms with Crippen LogP contribution in [0.25, 0.3) is 22.4 Å². The van der Waals surface area contributed by atoms with Crippen molar-refractivity contribution in [1.82, 2.24) is 30.6 Å². The number of nitrogens with one attached hydrogen (secondary N) is 4. The fraction of sp³-hybridized carbons (Fsp3) is 0.353. The van der Waals surface area contributed by atoms with Gasteiger partial charge in [0, 0.05) is 11.1 Å². The molecule has 6 rings (SSSR count). The third kappa shape index (κ3) is 8.61. The number of hydrogen-bond acceptors (Lipinski definition) is 4. The molecule has 0 saturated carbocycles. The molecule has 2 aliphatic rings. The Morgan fingerprint density at radius 3 is 2.05 bits per heavy atom. The quantitative estimate of drug-likeness (QED) is 0.167. The second-order valence-corrected chi connectivity index (χ2v) is 11.8. The number of benzene rings is 2. The molecule has 0 spiro atoms. The first-order valence-electron chi connectivity index (χ1n) is 14.3. The van der Waals surface area contributed by atoms with Gasteiger partial charge in [-0.1, -0.05) is 57.0 Å². The maximum atomic E-state index is 4.69. The lowest BCUT2D eigenvalue weighted by atomic mass is 9.85. The first-order valence-corrected chi connectivity index (χ1v) is 14.3. The Labute approximate surface area is 285 Å². The van der Waals surface area contributed by atoms with Gasteiger partial charge in [-0.3, -0.25) is 0 Å². The van der Waals surface area contributed by atoms with Crippen LogP contribution in [0.1, 0.15) is 87.0 Å². The molecule has 234 valence electrons. The van der Waals surface area contributed by atoms with E-state index in [1.165, 1.54) is 18.4 Å².